The van der Waals surface area contributed by atoms with Gasteiger partial charge in [0.2, 0.25) is 0 Å². The third-order valence-electron chi connectivity index (χ3n) is 3.94. The molecule has 0 aliphatic rings. The van der Waals surface area contributed by atoms with Crippen molar-refractivity contribution in [1.29, 1.82) is 0 Å². The second kappa shape index (κ2) is 9.27. The Hall–Kier alpha value is -4.00. The molecule has 146 valence electrons. The van der Waals surface area contributed by atoms with Gasteiger partial charge in [-0.05, 0) is 55.5 Å². The molecule has 1 amide bonds. The van der Waals surface area contributed by atoms with E-state index >= 15 is 0 Å². The van der Waals surface area contributed by atoms with Crippen molar-refractivity contribution in [2.45, 2.75) is 13.0 Å². The van der Waals surface area contributed by atoms with E-state index in [1.807, 2.05) is 6.07 Å². The van der Waals surface area contributed by atoms with Gasteiger partial charge >= 0.3 is 5.97 Å². The van der Waals surface area contributed by atoms with Gasteiger partial charge in [0.15, 0.2) is 6.10 Å². The van der Waals surface area contributed by atoms with Crippen molar-refractivity contribution >= 4 is 28.9 Å². The minimum absolute atomic E-state index is 0.121. The zero-order chi connectivity index (χ0) is 20.6. The summed E-state index contributed by atoms with van der Waals surface area (Å²) >= 11 is 0. The summed E-state index contributed by atoms with van der Waals surface area (Å²) in [7, 11) is 0. The van der Waals surface area contributed by atoms with Gasteiger partial charge in [-0.15, -0.1) is 5.11 Å². The molecule has 3 aromatic carbocycles. The first kappa shape index (κ1) is 19.8. The quantitative estimate of drug-likeness (QED) is 0.458. The average molecular weight is 389 g/mol. The predicted octanol–water partition coefficient (Wildman–Crippen LogP) is 4.99. The molecule has 29 heavy (non-hydrogen) atoms. The number of hydrogen-bond acceptors (Lipinski definition) is 6. The van der Waals surface area contributed by atoms with E-state index in [9.17, 15) is 14.7 Å². The van der Waals surface area contributed by atoms with E-state index in [0.29, 0.717) is 17.1 Å². The molecular weight excluding hydrogens is 370 g/mol. The van der Waals surface area contributed by atoms with Crippen LogP contribution in [0.5, 0.6) is 5.75 Å². The average Bonchev–Trinajstić information content (AvgIpc) is 2.74. The normalized spacial score (nSPS) is 11.8. The molecule has 2 N–H and O–H groups in total. The van der Waals surface area contributed by atoms with Crippen LogP contribution >= 0.6 is 0 Å². The Labute approximate surface area is 167 Å². The molecule has 7 heteroatoms. The number of rotatable bonds is 6. The van der Waals surface area contributed by atoms with Gasteiger partial charge < -0.3 is 15.2 Å². The predicted molar refractivity (Wildman–Crippen MR) is 109 cm³/mol. The molecule has 0 spiro atoms. The molecule has 0 saturated carbocycles. The number of nitrogens with zero attached hydrogens (tertiary/aromatic N) is 2. The van der Waals surface area contributed by atoms with Crippen LogP contribution in [0.25, 0.3) is 0 Å². The highest BCUT2D eigenvalue weighted by Crippen LogP contribution is 2.24. The molecule has 0 aromatic heterocycles. The number of nitrogens with one attached hydrogen (secondary N) is 1. The summed E-state index contributed by atoms with van der Waals surface area (Å²) in [4.78, 5) is 24.8. The molecule has 0 radical (unpaired) electrons. The molecule has 0 saturated heterocycles. The number of carbonyl (C=O) groups is 2. The number of para-hydroxylation sites is 1. The summed E-state index contributed by atoms with van der Waals surface area (Å²) in [5.74, 6) is -0.996. The summed E-state index contributed by atoms with van der Waals surface area (Å²) in [6, 6.07) is 21.6. The lowest BCUT2D eigenvalue weighted by atomic mass is 10.2. The van der Waals surface area contributed by atoms with Gasteiger partial charge in [-0.2, -0.15) is 5.11 Å². The first-order chi connectivity index (χ1) is 14.0. The number of azo groups is 1. The number of anilines is 1. The van der Waals surface area contributed by atoms with Crippen molar-refractivity contribution in [1.82, 2.24) is 0 Å². The fraction of sp³-hybridized carbons (Fsp3) is 0.0909. The number of aromatic hydroxyl groups is 1. The van der Waals surface area contributed by atoms with Crippen LogP contribution in [-0.4, -0.2) is 23.1 Å². The number of amides is 1. The zero-order valence-electron chi connectivity index (χ0n) is 15.6. The Balaban J connectivity index is 1.69. The number of benzene rings is 3. The molecule has 3 aromatic rings. The van der Waals surface area contributed by atoms with E-state index in [1.54, 1.807) is 60.7 Å². The molecule has 7 nitrogen and oxygen atoms in total. The number of phenolic OH excluding ortho intramolecular Hbond substituents is 1. The zero-order valence-corrected chi connectivity index (χ0v) is 15.6. The van der Waals surface area contributed by atoms with Crippen LogP contribution in [0.15, 0.2) is 89.1 Å². The van der Waals surface area contributed by atoms with Gasteiger partial charge in [0, 0.05) is 5.69 Å². The lowest BCUT2D eigenvalue weighted by Gasteiger charge is -2.14. The second-order valence-corrected chi connectivity index (χ2v) is 6.14. The number of ether oxygens (including phenoxy) is 1. The number of hydrogen-bond donors (Lipinski definition) is 2. The third-order valence-corrected chi connectivity index (χ3v) is 3.94. The highest BCUT2D eigenvalue weighted by atomic mass is 16.5. The van der Waals surface area contributed by atoms with E-state index in [-0.39, 0.29) is 11.3 Å². The van der Waals surface area contributed by atoms with Crippen molar-refractivity contribution < 1.29 is 19.4 Å². The topological polar surface area (TPSA) is 100 Å². The largest absolute Gasteiger partial charge is 0.508 e. The molecule has 0 heterocycles. The van der Waals surface area contributed by atoms with Gasteiger partial charge in [-0.1, -0.05) is 30.3 Å². The number of carbonyl (C=O) groups excluding carboxylic acids is 2. The van der Waals surface area contributed by atoms with Crippen LogP contribution in [0, 0.1) is 0 Å². The van der Waals surface area contributed by atoms with E-state index < -0.39 is 18.0 Å². The third kappa shape index (κ3) is 5.49. The van der Waals surface area contributed by atoms with Crippen molar-refractivity contribution in [3.63, 3.8) is 0 Å². The van der Waals surface area contributed by atoms with Crippen LogP contribution in [0.3, 0.4) is 0 Å². The molecule has 0 aliphatic carbocycles. The molecule has 0 fully saturated rings. The van der Waals surface area contributed by atoms with Gasteiger partial charge in [-0.3, -0.25) is 4.79 Å². The van der Waals surface area contributed by atoms with E-state index in [0.717, 1.165) is 0 Å². The van der Waals surface area contributed by atoms with Crippen LogP contribution in [0.4, 0.5) is 17.1 Å². The second-order valence-electron chi connectivity index (χ2n) is 6.14. The summed E-state index contributed by atoms with van der Waals surface area (Å²) in [6.07, 6.45) is -0.996. The van der Waals surface area contributed by atoms with E-state index in [1.165, 1.54) is 19.1 Å². The standard InChI is InChI=1S/C22H19N3O4/c1-15(21(27)23-16-7-3-2-4-8-16)29-22(28)19-9-5-6-10-20(19)25-24-17-11-13-18(26)14-12-17/h2-15,26H,1H3,(H,23,27)/t15-/m0/s1. The van der Waals surface area contributed by atoms with Crippen molar-refractivity contribution in [2.75, 3.05) is 5.32 Å². The summed E-state index contributed by atoms with van der Waals surface area (Å²) in [5, 5.41) is 20.1. The lowest BCUT2D eigenvalue weighted by Crippen LogP contribution is -2.30. The fourth-order valence-corrected chi connectivity index (χ4v) is 2.41. The molecule has 1 atom stereocenters. The maximum atomic E-state index is 12.6. The highest BCUT2D eigenvalue weighted by molar-refractivity contribution is 5.99. The Morgan fingerprint density at radius 2 is 1.55 bits per heavy atom. The minimum Gasteiger partial charge on any atom is -0.508 e. The molecule has 0 bridgehead atoms. The van der Waals surface area contributed by atoms with Gasteiger partial charge in [0.05, 0.1) is 11.3 Å². The first-order valence-electron chi connectivity index (χ1n) is 8.89. The summed E-state index contributed by atoms with van der Waals surface area (Å²) in [6.45, 7) is 1.50. The monoisotopic (exact) mass is 389 g/mol. The van der Waals surface area contributed by atoms with Crippen molar-refractivity contribution in [2.24, 2.45) is 10.2 Å². The molecule has 3 rings (SSSR count). The molecule has 0 aliphatic heterocycles. The Bertz CT molecular complexity index is 1020. The Morgan fingerprint density at radius 3 is 2.28 bits per heavy atom. The maximum Gasteiger partial charge on any atom is 0.341 e. The Morgan fingerprint density at radius 1 is 0.897 bits per heavy atom. The van der Waals surface area contributed by atoms with Crippen LogP contribution < -0.4 is 5.32 Å². The number of phenols is 1. The van der Waals surface area contributed by atoms with Crippen LogP contribution in [-0.2, 0) is 9.53 Å². The smallest absolute Gasteiger partial charge is 0.341 e. The highest BCUT2D eigenvalue weighted by Gasteiger charge is 2.21. The van der Waals surface area contributed by atoms with Gasteiger partial charge in [0.1, 0.15) is 11.4 Å². The molecular formula is C22H19N3O4. The van der Waals surface area contributed by atoms with Crippen LogP contribution in [0.1, 0.15) is 17.3 Å². The van der Waals surface area contributed by atoms with Gasteiger partial charge in [0.25, 0.3) is 5.91 Å². The Kier molecular flexibility index (Phi) is 6.32. The van der Waals surface area contributed by atoms with Crippen molar-refractivity contribution in [3.8, 4) is 5.75 Å². The first-order valence-corrected chi connectivity index (χ1v) is 8.89. The fourth-order valence-electron chi connectivity index (χ4n) is 2.41. The summed E-state index contributed by atoms with van der Waals surface area (Å²) < 4.78 is 5.29. The maximum absolute atomic E-state index is 12.6. The molecule has 0 unspecified atom stereocenters. The van der Waals surface area contributed by atoms with E-state index in [4.69, 9.17) is 4.74 Å². The number of esters is 1. The lowest BCUT2D eigenvalue weighted by molar-refractivity contribution is -0.123. The summed E-state index contributed by atoms with van der Waals surface area (Å²) in [5.41, 5.74) is 1.63. The van der Waals surface area contributed by atoms with E-state index in [2.05, 4.69) is 15.5 Å². The SMILES string of the molecule is C[C@H](OC(=O)c1ccccc1N=Nc1ccc(O)cc1)C(=O)Nc1ccccc1. The van der Waals surface area contributed by atoms with Crippen molar-refractivity contribution in [3.05, 3.63) is 84.4 Å². The minimum atomic E-state index is -0.996. The van der Waals surface area contributed by atoms with Gasteiger partial charge in [-0.25, -0.2) is 4.79 Å². The van der Waals surface area contributed by atoms with Crippen LogP contribution in [0.2, 0.25) is 0 Å².